The number of hydrogen-bond acceptors (Lipinski definition) is 6. The van der Waals surface area contributed by atoms with Crippen molar-refractivity contribution in [2.24, 2.45) is 0 Å². The summed E-state index contributed by atoms with van der Waals surface area (Å²) in [5.41, 5.74) is 1.75. The monoisotopic (exact) mass is 671 g/mol. The van der Waals surface area contributed by atoms with Gasteiger partial charge in [-0.25, -0.2) is 9.59 Å². The molecule has 0 saturated carbocycles. The second-order valence-electron chi connectivity index (χ2n) is 14.2. The fourth-order valence-corrected chi connectivity index (χ4v) is 5.38. The lowest BCUT2D eigenvalue weighted by Crippen LogP contribution is -2.55. The third-order valence-electron chi connectivity index (χ3n) is 7.57. The zero-order valence-corrected chi connectivity index (χ0v) is 30.2. The van der Waals surface area contributed by atoms with Crippen LogP contribution in [0.4, 0.5) is 4.79 Å². The number of benzene rings is 3. The highest BCUT2D eigenvalue weighted by molar-refractivity contribution is 5.94. The number of nitrogens with one attached hydrogen (secondary N) is 2. The Hall–Kier alpha value is -4.66. The maximum atomic E-state index is 14.7. The van der Waals surface area contributed by atoms with E-state index in [2.05, 4.69) is 10.6 Å². The van der Waals surface area contributed by atoms with Crippen LogP contribution in [0.5, 0.6) is 0 Å². The van der Waals surface area contributed by atoms with E-state index in [1.165, 1.54) is 4.90 Å². The van der Waals surface area contributed by atoms with Gasteiger partial charge in [0.25, 0.3) is 0 Å². The number of carbonyl (C=O) groups is 4. The van der Waals surface area contributed by atoms with E-state index in [4.69, 9.17) is 9.47 Å². The smallest absolute Gasteiger partial charge is 0.408 e. The van der Waals surface area contributed by atoms with Crippen LogP contribution in [-0.4, -0.2) is 58.6 Å². The van der Waals surface area contributed by atoms with Crippen LogP contribution >= 0.6 is 0 Å². The molecule has 0 heterocycles. The lowest BCUT2D eigenvalue weighted by molar-refractivity contribution is -0.159. The van der Waals surface area contributed by atoms with Crippen molar-refractivity contribution < 1.29 is 28.7 Å². The van der Waals surface area contributed by atoms with Crippen molar-refractivity contribution in [3.8, 4) is 0 Å². The summed E-state index contributed by atoms with van der Waals surface area (Å²) < 4.78 is 11.3. The molecule has 264 valence electrons. The number of rotatable bonds is 14. The highest BCUT2D eigenvalue weighted by Gasteiger charge is 2.38. The molecule has 49 heavy (non-hydrogen) atoms. The lowest BCUT2D eigenvalue weighted by Gasteiger charge is -2.35. The molecule has 3 unspecified atom stereocenters. The van der Waals surface area contributed by atoms with Gasteiger partial charge >= 0.3 is 12.1 Å². The highest BCUT2D eigenvalue weighted by Crippen LogP contribution is 2.25. The molecule has 2 N–H and O–H groups in total. The molecule has 0 aromatic heterocycles. The zero-order valence-electron chi connectivity index (χ0n) is 30.2. The summed E-state index contributed by atoms with van der Waals surface area (Å²) in [6.07, 6.45) is 0.968. The summed E-state index contributed by atoms with van der Waals surface area (Å²) in [5, 5.41) is 5.73. The van der Waals surface area contributed by atoms with Gasteiger partial charge in [0, 0.05) is 19.4 Å². The molecule has 3 rings (SSSR count). The summed E-state index contributed by atoms with van der Waals surface area (Å²) in [6.45, 7) is 14.7. The Morgan fingerprint density at radius 1 is 0.653 bits per heavy atom. The van der Waals surface area contributed by atoms with Crippen LogP contribution in [0.25, 0.3) is 0 Å². The molecule has 3 aromatic rings. The first-order chi connectivity index (χ1) is 23.1. The second kappa shape index (κ2) is 17.7. The van der Waals surface area contributed by atoms with Gasteiger partial charge in [0.05, 0.1) is 0 Å². The number of esters is 1. The maximum absolute atomic E-state index is 14.7. The van der Waals surface area contributed by atoms with Crippen molar-refractivity contribution in [3.05, 3.63) is 107 Å². The molecule has 0 aliphatic rings. The Labute approximate surface area is 291 Å². The molecule has 0 aliphatic carbocycles. The molecular weight excluding hydrogens is 618 g/mol. The van der Waals surface area contributed by atoms with Crippen LogP contribution in [0.1, 0.15) is 90.1 Å². The van der Waals surface area contributed by atoms with Crippen molar-refractivity contribution in [3.63, 3.8) is 0 Å². The largest absolute Gasteiger partial charge is 0.458 e. The predicted octanol–water partition coefficient (Wildman–Crippen LogP) is 6.73. The number of ether oxygens (including phenoxy) is 2. The van der Waals surface area contributed by atoms with Gasteiger partial charge in [-0.3, -0.25) is 9.59 Å². The maximum Gasteiger partial charge on any atom is 0.408 e. The molecule has 9 heteroatoms. The zero-order chi connectivity index (χ0) is 36.2. The van der Waals surface area contributed by atoms with Gasteiger partial charge in [-0.1, -0.05) is 98.8 Å². The summed E-state index contributed by atoms with van der Waals surface area (Å²) >= 11 is 0. The van der Waals surface area contributed by atoms with E-state index in [0.717, 1.165) is 23.1 Å². The van der Waals surface area contributed by atoms with E-state index in [1.54, 1.807) is 41.5 Å². The third-order valence-corrected chi connectivity index (χ3v) is 7.57. The minimum atomic E-state index is -1.11. The van der Waals surface area contributed by atoms with Crippen molar-refractivity contribution in [1.29, 1.82) is 0 Å². The van der Waals surface area contributed by atoms with Crippen LogP contribution in [0, 0.1) is 0 Å². The molecule has 0 bridgehead atoms. The van der Waals surface area contributed by atoms with E-state index >= 15 is 0 Å². The number of alkyl carbamates (subject to hydrolysis) is 1. The van der Waals surface area contributed by atoms with E-state index in [1.807, 2.05) is 98.8 Å². The molecule has 0 radical (unpaired) electrons. The lowest BCUT2D eigenvalue weighted by atomic mass is 9.98. The van der Waals surface area contributed by atoms with Gasteiger partial charge < -0.3 is 25.0 Å². The molecule has 0 spiro atoms. The van der Waals surface area contributed by atoms with E-state index in [9.17, 15) is 19.2 Å². The number of aryl methyl sites for hydroxylation is 1. The van der Waals surface area contributed by atoms with Crippen molar-refractivity contribution in [2.45, 2.75) is 110 Å². The number of hydrogen-bond donors (Lipinski definition) is 2. The average Bonchev–Trinajstić information content (AvgIpc) is 3.03. The molecule has 0 aliphatic heterocycles. The minimum Gasteiger partial charge on any atom is -0.458 e. The fourth-order valence-electron chi connectivity index (χ4n) is 5.38. The van der Waals surface area contributed by atoms with Crippen LogP contribution in [0.2, 0.25) is 0 Å². The Morgan fingerprint density at radius 2 is 1.16 bits per heavy atom. The Bertz CT molecular complexity index is 1510. The first-order valence-electron chi connectivity index (χ1n) is 17.1. The summed E-state index contributed by atoms with van der Waals surface area (Å²) in [7, 11) is 0. The number of carbonyl (C=O) groups excluding carboxylic acids is 4. The topological polar surface area (TPSA) is 114 Å². The van der Waals surface area contributed by atoms with Gasteiger partial charge in [-0.05, 0) is 76.6 Å². The van der Waals surface area contributed by atoms with Crippen LogP contribution < -0.4 is 10.6 Å². The Morgan fingerprint density at radius 3 is 1.63 bits per heavy atom. The number of nitrogens with zero attached hydrogens (tertiary/aromatic N) is 1. The van der Waals surface area contributed by atoms with Crippen LogP contribution in [0.3, 0.4) is 0 Å². The molecule has 9 nitrogen and oxygen atoms in total. The molecule has 3 atom stereocenters. The Kier molecular flexibility index (Phi) is 14.0. The molecule has 0 saturated heterocycles. The van der Waals surface area contributed by atoms with Gasteiger partial charge in [-0.15, -0.1) is 0 Å². The van der Waals surface area contributed by atoms with Gasteiger partial charge in [0.15, 0.2) is 0 Å². The Balaban J connectivity index is 2.08. The van der Waals surface area contributed by atoms with E-state index < -0.39 is 53.2 Å². The molecule has 0 fully saturated rings. The highest BCUT2D eigenvalue weighted by atomic mass is 16.6. The average molecular weight is 672 g/mol. The molecular formula is C40H53N3O6. The molecule has 3 aromatic carbocycles. The number of amides is 3. The third kappa shape index (κ3) is 12.7. The van der Waals surface area contributed by atoms with Crippen LogP contribution in [0.15, 0.2) is 84.9 Å². The second-order valence-corrected chi connectivity index (χ2v) is 14.2. The quantitative estimate of drug-likeness (QED) is 0.184. The van der Waals surface area contributed by atoms with Gasteiger partial charge in [-0.2, -0.15) is 0 Å². The first-order valence-corrected chi connectivity index (χ1v) is 17.1. The standard InChI is InChI=1S/C40H53N3O6/c1-9-25-43(36(45)32(26-29-17-13-11-14-18-29)42-38(47)49-40(6,7)8)34(31-23-21-28(10-2)22-24-31)35(44)41-33(37(46)48-39(3,4)5)27-30-19-15-12-16-20-30/h11-24,32-34H,9-10,25-27H2,1-8H3,(H,41,44)(H,42,47). The summed E-state index contributed by atoms with van der Waals surface area (Å²) in [5.74, 6) is -1.56. The van der Waals surface area contributed by atoms with Crippen LogP contribution in [-0.2, 0) is 43.1 Å². The fraction of sp³-hybridized carbons (Fsp3) is 0.450. The van der Waals surface area contributed by atoms with Gasteiger partial charge in [0.1, 0.15) is 29.3 Å². The minimum absolute atomic E-state index is 0.177. The van der Waals surface area contributed by atoms with Gasteiger partial charge in [0.2, 0.25) is 11.8 Å². The van der Waals surface area contributed by atoms with Crippen molar-refractivity contribution in [1.82, 2.24) is 15.5 Å². The van der Waals surface area contributed by atoms with E-state index in [-0.39, 0.29) is 19.4 Å². The molecule has 3 amide bonds. The SMILES string of the molecule is CCCN(C(=O)C(Cc1ccccc1)NC(=O)OC(C)(C)C)C(C(=O)NC(Cc1ccccc1)C(=O)OC(C)(C)C)c1ccc(CC)cc1. The van der Waals surface area contributed by atoms with Crippen molar-refractivity contribution in [2.75, 3.05) is 6.54 Å². The summed E-state index contributed by atoms with van der Waals surface area (Å²) in [4.78, 5) is 57.3. The summed E-state index contributed by atoms with van der Waals surface area (Å²) in [6, 6.07) is 23.1. The normalized spacial score (nSPS) is 13.4. The van der Waals surface area contributed by atoms with Crippen molar-refractivity contribution >= 4 is 23.9 Å². The first kappa shape index (κ1) is 38.8. The van der Waals surface area contributed by atoms with E-state index in [0.29, 0.717) is 12.0 Å². The predicted molar refractivity (Wildman–Crippen MR) is 192 cm³/mol.